The molecule has 1 aromatic carbocycles. The minimum Gasteiger partial charge on any atom is -0.337 e. The van der Waals surface area contributed by atoms with E-state index >= 15 is 0 Å². The molecule has 0 unspecified atom stereocenters. The Hall–Kier alpha value is -3.29. The first-order chi connectivity index (χ1) is 13.7. The fourth-order valence-electron chi connectivity index (χ4n) is 3.36. The Morgan fingerprint density at radius 2 is 2.14 bits per heavy atom. The Balaban J connectivity index is 1.33. The van der Waals surface area contributed by atoms with Crippen LogP contribution >= 0.6 is 0 Å². The molecule has 28 heavy (non-hydrogen) atoms. The molecule has 1 aliphatic heterocycles. The van der Waals surface area contributed by atoms with Crippen LogP contribution in [0.3, 0.4) is 0 Å². The van der Waals surface area contributed by atoms with Crippen LogP contribution in [-0.2, 0) is 6.54 Å². The number of piperidine rings is 1. The van der Waals surface area contributed by atoms with E-state index in [-0.39, 0.29) is 18.5 Å². The van der Waals surface area contributed by atoms with Crippen molar-refractivity contribution < 1.29 is 9.32 Å². The zero-order valence-electron chi connectivity index (χ0n) is 15.7. The normalized spacial score (nSPS) is 16.8. The van der Waals surface area contributed by atoms with Gasteiger partial charge >= 0.3 is 6.03 Å². The highest BCUT2D eigenvalue weighted by Crippen LogP contribution is 2.25. The van der Waals surface area contributed by atoms with Crippen molar-refractivity contribution in [1.82, 2.24) is 30.3 Å². The number of carbonyl (C=O) groups is 1. The van der Waals surface area contributed by atoms with E-state index in [1.165, 1.54) is 5.56 Å². The standard InChI is InChI=1S/C20H22N6O2/c1-14-4-6-15(7-5-14)19-24-18(28-25-19)11-22-20(27)26-10-2-3-16(12-26)17-8-9-21-13-23-17/h4-9,13,16H,2-3,10-12H2,1H3,(H,22,27)/t16-/m1/s1. The maximum Gasteiger partial charge on any atom is 0.317 e. The van der Waals surface area contributed by atoms with Crippen LogP contribution in [0.5, 0.6) is 0 Å². The summed E-state index contributed by atoms with van der Waals surface area (Å²) in [5.74, 6) is 1.14. The number of likely N-dealkylation sites (tertiary alicyclic amines) is 1. The maximum atomic E-state index is 12.6. The summed E-state index contributed by atoms with van der Waals surface area (Å²) in [6, 6.07) is 9.67. The number of urea groups is 1. The van der Waals surface area contributed by atoms with Crippen LogP contribution in [0, 0.1) is 6.92 Å². The van der Waals surface area contributed by atoms with Gasteiger partial charge in [-0.15, -0.1) is 0 Å². The van der Waals surface area contributed by atoms with Crippen LogP contribution in [0.2, 0.25) is 0 Å². The number of carbonyl (C=O) groups excluding carboxylic acids is 1. The van der Waals surface area contributed by atoms with Gasteiger partial charge in [0.15, 0.2) is 0 Å². The van der Waals surface area contributed by atoms with Crippen molar-refractivity contribution in [3.8, 4) is 11.4 Å². The van der Waals surface area contributed by atoms with E-state index in [9.17, 15) is 4.79 Å². The molecule has 1 saturated heterocycles. The average Bonchev–Trinajstić information content (AvgIpc) is 3.22. The molecular formula is C20H22N6O2. The van der Waals surface area contributed by atoms with E-state index in [4.69, 9.17) is 4.52 Å². The predicted octanol–water partition coefficient (Wildman–Crippen LogP) is 2.92. The summed E-state index contributed by atoms with van der Waals surface area (Å²) in [6.07, 6.45) is 5.25. The van der Waals surface area contributed by atoms with Gasteiger partial charge in [0.05, 0.1) is 6.54 Å². The second kappa shape index (κ2) is 8.16. The summed E-state index contributed by atoms with van der Waals surface area (Å²) < 4.78 is 5.27. The van der Waals surface area contributed by atoms with Crippen molar-refractivity contribution in [1.29, 1.82) is 0 Å². The molecule has 1 N–H and O–H groups in total. The SMILES string of the molecule is Cc1ccc(-c2noc(CNC(=O)N3CCC[C@@H](c4ccncn4)C3)n2)cc1. The second-order valence-corrected chi connectivity index (χ2v) is 6.96. The lowest BCUT2D eigenvalue weighted by atomic mass is 9.95. The van der Waals surface area contributed by atoms with Gasteiger partial charge in [-0.1, -0.05) is 35.0 Å². The van der Waals surface area contributed by atoms with Crippen LogP contribution in [0.15, 0.2) is 47.4 Å². The number of hydrogen-bond acceptors (Lipinski definition) is 6. The molecule has 0 aliphatic carbocycles. The van der Waals surface area contributed by atoms with Crippen LogP contribution in [0.1, 0.15) is 35.9 Å². The first-order valence-electron chi connectivity index (χ1n) is 9.37. The Labute approximate surface area is 163 Å². The highest BCUT2D eigenvalue weighted by Gasteiger charge is 2.25. The fraction of sp³-hybridized carbons (Fsp3) is 0.350. The molecule has 1 aliphatic rings. The van der Waals surface area contributed by atoms with E-state index in [0.717, 1.165) is 30.6 Å². The minimum absolute atomic E-state index is 0.131. The van der Waals surface area contributed by atoms with Gasteiger partial charge in [-0.2, -0.15) is 4.98 Å². The summed E-state index contributed by atoms with van der Waals surface area (Å²) in [6.45, 7) is 3.59. The van der Waals surface area contributed by atoms with Crippen molar-refractivity contribution >= 4 is 6.03 Å². The molecule has 2 amide bonds. The van der Waals surface area contributed by atoms with Gasteiger partial charge < -0.3 is 14.7 Å². The third-order valence-electron chi connectivity index (χ3n) is 4.90. The summed E-state index contributed by atoms with van der Waals surface area (Å²) in [5, 5.41) is 6.87. The molecule has 2 aromatic heterocycles. The van der Waals surface area contributed by atoms with Gasteiger partial charge in [0.1, 0.15) is 6.33 Å². The number of aromatic nitrogens is 4. The molecule has 1 atom stereocenters. The average molecular weight is 378 g/mol. The van der Waals surface area contributed by atoms with Gasteiger partial charge in [0, 0.05) is 36.5 Å². The van der Waals surface area contributed by atoms with Gasteiger partial charge in [-0.05, 0) is 25.8 Å². The number of aryl methyl sites for hydroxylation is 1. The molecule has 3 aromatic rings. The quantitative estimate of drug-likeness (QED) is 0.750. The number of amides is 2. The van der Waals surface area contributed by atoms with Crippen LogP contribution in [-0.4, -0.2) is 44.1 Å². The first-order valence-corrected chi connectivity index (χ1v) is 9.37. The van der Waals surface area contributed by atoms with Crippen LogP contribution in [0.4, 0.5) is 4.79 Å². The van der Waals surface area contributed by atoms with E-state index in [1.807, 2.05) is 42.2 Å². The summed E-state index contributed by atoms with van der Waals surface area (Å²) in [5.41, 5.74) is 3.03. The third kappa shape index (κ3) is 4.16. The second-order valence-electron chi connectivity index (χ2n) is 6.96. The molecule has 8 heteroatoms. The summed E-state index contributed by atoms with van der Waals surface area (Å²) >= 11 is 0. The molecule has 0 saturated carbocycles. The van der Waals surface area contributed by atoms with E-state index in [0.29, 0.717) is 18.3 Å². The lowest BCUT2D eigenvalue weighted by molar-refractivity contribution is 0.177. The Kier molecular flexibility index (Phi) is 5.27. The van der Waals surface area contributed by atoms with Crippen molar-refractivity contribution in [2.45, 2.75) is 32.2 Å². The van der Waals surface area contributed by atoms with E-state index in [2.05, 4.69) is 25.4 Å². The highest BCUT2D eigenvalue weighted by atomic mass is 16.5. The van der Waals surface area contributed by atoms with Crippen molar-refractivity contribution in [3.05, 3.63) is 60.0 Å². The number of hydrogen-bond donors (Lipinski definition) is 1. The minimum atomic E-state index is -0.131. The molecule has 0 spiro atoms. The Bertz CT molecular complexity index is 925. The number of benzene rings is 1. The Morgan fingerprint density at radius 3 is 2.93 bits per heavy atom. The number of nitrogens with one attached hydrogen (secondary N) is 1. The van der Waals surface area contributed by atoms with Crippen LogP contribution in [0.25, 0.3) is 11.4 Å². The smallest absolute Gasteiger partial charge is 0.317 e. The Morgan fingerprint density at radius 1 is 1.29 bits per heavy atom. The van der Waals surface area contributed by atoms with Crippen LogP contribution < -0.4 is 5.32 Å². The molecular weight excluding hydrogens is 356 g/mol. The topological polar surface area (TPSA) is 97.0 Å². The highest BCUT2D eigenvalue weighted by molar-refractivity contribution is 5.74. The first kappa shape index (κ1) is 18.1. The van der Waals surface area contributed by atoms with E-state index < -0.39 is 0 Å². The van der Waals surface area contributed by atoms with Crippen molar-refractivity contribution in [2.24, 2.45) is 0 Å². The molecule has 0 radical (unpaired) electrons. The van der Waals surface area contributed by atoms with Gasteiger partial charge in [-0.3, -0.25) is 0 Å². The van der Waals surface area contributed by atoms with Gasteiger partial charge in [0.25, 0.3) is 0 Å². The lowest BCUT2D eigenvalue weighted by Gasteiger charge is -2.32. The molecule has 0 bridgehead atoms. The zero-order chi connectivity index (χ0) is 19.3. The lowest BCUT2D eigenvalue weighted by Crippen LogP contribution is -2.44. The van der Waals surface area contributed by atoms with E-state index in [1.54, 1.807) is 12.5 Å². The summed E-state index contributed by atoms with van der Waals surface area (Å²) in [7, 11) is 0. The number of nitrogens with zero attached hydrogens (tertiary/aromatic N) is 5. The summed E-state index contributed by atoms with van der Waals surface area (Å²) in [4.78, 5) is 27.0. The molecule has 4 rings (SSSR count). The van der Waals surface area contributed by atoms with Gasteiger partial charge in [-0.25, -0.2) is 14.8 Å². The maximum absolute atomic E-state index is 12.6. The monoisotopic (exact) mass is 378 g/mol. The van der Waals surface area contributed by atoms with Gasteiger partial charge in [0.2, 0.25) is 11.7 Å². The molecule has 1 fully saturated rings. The predicted molar refractivity (Wildman–Crippen MR) is 102 cm³/mol. The molecule has 3 heterocycles. The van der Waals surface area contributed by atoms with Crippen molar-refractivity contribution in [2.75, 3.05) is 13.1 Å². The molecule has 8 nitrogen and oxygen atoms in total. The largest absolute Gasteiger partial charge is 0.337 e. The fourth-order valence-corrected chi connectivity index (χ4v) is 3.36. The van der Waals surface area contributed by atoms with Crippen molar-refractivity contribution in [3.63, 3.8) is 0 Å². The molecule has 144 valence electrons. The third-order valence-corrected chi connectivity index (χ3v) is 4.90. The zero-order valence-corrected chi connectivity index (χ0v) is 15.7. The number of rotatable bonds is 4.